The molecule has 150 valence electrons. The van der Waals surface area contributed by atoms with Crippen molar-refractivity contribution in [3.05, 3.63) is 65.4 Å². The monoisotopic (exact) mass is 419 g/mol. The molecule has 0 saturated heterocycles. The van der Waals surface area contributed by atoms with E-state index in [0.717, 1.165) is 22.5 Å². The average Bonchev–Trinajstić information content (AvgIpc) is 3.40. The molecule has 0 bridgehead atoms. The first-order valence-corrected chi connectivity index (χ1v) is 9.55. The predicted molar refractivity (Wildman–Crippen MR) is 106 cm³/mol. The van der Waals surface area contributed by atoms with Crippen molar-refractivity contribution < 1.29 is 22.7 Å². The van der Waals surface area contributed by atoms with E-state index in [9.17, 15) is 18.3 Å². The molecule has 0 saturated carbocycles. The van der Waals surface area contributed by atoms with E-state index in [0.29, 0.717) is 16.5 Å². The highest BCUT2D eigenvalue weighted by atomic mass is 32.1. The quantitative estimate of drug-likeness (QED) is 0.628. The largest absolute Gasteiger partial charge is 0.465 e. The van der Waals surface area contributed by atoms with Gasteiger partial charge in [0.2, 0.25) is 5.13 Å². The summed E-state index contributed by atoms with van der Waals surface area (Å²) in [7, 11) is 0. The molecule has 4 rings (SSSR count). The molecule has 1 atom stereocenters. The van der Waals surface area contributed by atoms with Crippen molar-refractivity contribution in [1.29, 1.82) is 0 Å². The minimum absolute atomic E-state index is 0.0400. The molecule has 0 amide bonds. The molecule has 0 aliphatic carbocycles. The third kappa shape index (κ3) is 3.70. The van der Waals surface area contributed by atoms with Gasteiger partial charge in [0.1, 0.15) is 5.76 Å². The highest BCUT2D eigenvalue weighted by molar-refractivity contribution is 7.14. The van der Waals surface area contributed by atoms with Gasteiger partial charge in [-0.05, 0) is 31.2 Å². The summed E-state index contributed by atoms with van der Waals surface area (Å²) in [6.45, 7) is 1.94. The van der Waals surface area contributed by atoms with Crippen molar-refractivity contribution in [2.45, 2.75) is 25.2 Å². The van der Waals surface area contributed by atoms with Gasteiger partial charge in [0.15, 0.2) is 0 Å². The Bertz CT molecular complexity index is 1060. The summed E-state index contributed by atoms with van der Waals surface area (Å²) < 4.78 is 46.3. The summed E-state index contributed by atoms with van der Waals surface area (Å²) in [4.78, 5) is 4.28. The summed E-state index contributed by atoms with van der Waals surface area (Å²) in [6.07, 6.45) is -1.29. The number of aromatic nitrogens is 1. The first-order chi connectivity index (χ1) is 13.8. The second-order valence-corrected chi connectivity index (χ2v) is 7.46. The molecule has 0 fully saturated rings. The van der Waals surface area contributed by atoms with E-state index in [1.54, 1.807) is 17.5 Å². The van der Waals surface area contributed by atoms with Gasteiger partial charge in [-0.25, -0.2) is 4.98 Å². The predicted octanol–water partition coefficient (Wildman–Crippen LogP) is 5.24. The Morgan fingerprint density at radius 1 is 1.21 bits per heavy atom. The minimum atomic E-state index is -4.92. The number of halogens is 3. The molecule has 1 unspecified atom stereocenters. The first kappa shape index (κ1) is 19.4. The Hall–Kier alpha value is -2.91. The van der Waals surface area contributed by atoms with E-state index in [4.69, 9.17) is 4.42 Å². The van der Waals surface area contributed by atoms with Gasteiger partial charge in [0.25, 0.3) is 5.72 Å². The number of benzene rings is 1. The maximum absolute atomic E-state index is 13.7. The molecule has 29 heavy (non-hydrogen) atoms. The molecular weight excluding hydrogens is 403 g/mol. The maximum atomic E-state index is 13.7. The first-order valence-electron chi connectivity index (χ1n) is 8.67. The summed E-state index contributed by atoms with van der Waals surface area (Å²) >= 11 is 0.987. The topological polar surface area (TPSA) is 61.9 Å². The highest BCUT2D eigenvalue weighted by Gasteiger charge is 2.62. The number of anilines is 1. The normalized spacial score (nSPS) is 19.9. The zero-order valence-corrected chi connectivity index (χ0v) is 16.0. The Labute approximate surface area is 168 Å². The number of furan rings is 1. The molecule has 0 spiro atoms. The number of hydrogen-bond acceptors (Lipinski definition) is 6. The SMILES string of the molecule is Cc1ccc(-c2csc(N3N=C(C=Cc4ccco4)CC3(O)C(F)(F)F)n2)cc1. The van der Waals surface area contributed by atoms with Crippen LogP contribution in [-0.4, -0.2) is 27.7 Å². The molecule has 2 aromatic heterocycles. The van der Waals surface area contributed by atoms with E-state index in [2.05, 4.69) is 10.1 Å². The molecule has 5 nitrogen and oxygen atoms in total. The van der Waals surface area contributed by atoms with Gasteiger partial charge in [-0.2, -0.15) is 23.3 Å². The molecule has 3 heterocycles. The molecule has 3 aromatic rings. The number of hydrogen-bond donors (Lipinski definition) is 1. The molecule has 1 aliphatic heterocycles. The Morgan fingerprint density at radius 3 is 2.62 bits per heavy atom. The van der Waals surface area contributed by atoms with Crippen molar-refractivity contribution in [3.8, 4) is 11.3 Å². The lowest BCUT2D eigenvalue weighted by molar-refractivity contribution is -0.254. The van der Waals surface area contributed by atoms with Gasteiger partial charge in [0, 0.05) is 10.9 Å². The molecule has 0 radical (unpaired) electrons. The standard InChI is InChI=1S/C20H16F3N3O2S/c1-13-4-6-14(7-5-13)17-12-29-18(24-17)26-19(27,20(21,22)23)11-15(25-26)8-9-16-3-2-10-28-16/h2-10,12,27H,11H2,1H3. The van der Waals surface area contributed by atoms with Crippen LogP contribution in [0.3, 0.4) is 0 Å². The fourth-order valence-corrected chi connectivity index (χ4v) is 3.72. The van der Waals surface area contributed by atoms with Crippen LogP contribution < -0.4 is 5.01 Å². The fraction of sp³-hybridized carbons (Fsp3) is 0.200. The summed E-state index contributed by atoms with van der Waals surface area (Å²) in [6, 6.07) is 10.8. The van der Waals surface area contributed by atoms with Gasteiger partial charge in [0.05, 0.1) is 24.1 Å². The lowest BCUT2D eigenvalue weighted by Gasteiger charge is -2.32. The zero-order chi connectivity index (χ0) is 20.6. The van der Waals surface area contributed by atoms with Gasteiger partial charge >= 0.3 is 6.18 Å². The lowest BCUT2D eigenvalue weighted by atomic mass is 10.1. The third-order valence-corrected chi connectivity index (χ3v) is 5.28. The van der Waals surface area contributed by atoms with Crippen LogP contribution in [0.5, 0.6) is 0 Å². The molecular formula is C20H16F3N3O2S. The number of allylic oxidation sites excluding steroid dienone is 1. The fourth-order valence-electron chi connectivity index (χ4n) is 2.87. The number of nitrogens with zero attached hydrogens (tertiary/aromatic N) is 3. The Balaban J connectivity index is 1.67. The van der Waals surface area contributed by atoms with E-state index >= 15 is 0 Å². The summed E-state index contributed by atoms with van der Waals surface area (Å²) in [5.41, 5.74) is -0.752. The zero-order valence-electron chi connectivity index (χ0n) is 15.2. The Morgan fingerprint density at radius 2 is 1.97 bits per heavy atom. The smallest absolute Gasteiger partial charge is 0.438 e. The van der Waals surface area contributed by atoms with Gasteiger partial charge < -0.3 is 9.52 Å². The average molecular weight is 419 g/mol. The number of thiazole rings is 1. The van der Waals surface area contributed by atoms with E-state index < -0.39 is 18.3 Å². The molecule has 1 aliphatic rings. The second kappa shape index (κ2) is 7.16. The van der Waals surface area contributed by atoms with E-state index in [-0.39, 0.29) is 10.8 Å². The highest BCUT2D eigenvalue weighted by Crippen LogP contribution is 2.44. The van der Waals surface area contributed by atoms with E-state index in [1.807, 2.05) is 31.2 Å². The van der Waals surface area contributed by atoms with Crippen LogP contribution in [-0.2, 0) is 0 Å². The van der Waals surface area contributed by atoms with Gasteiger partial charge in [-0.15, -0.1) is 11.3 Å². The minimum Gasteiger partial charge on any atom is -0.465 e. The van der Waals surface area contributed by atoms with Crippen LogP contribution in [0.2, 0.25) is 0 Å². The van der Waals surface area contributed by atoms with Crippen LogP contribution in [0.4, 0.5) is 18.3 Å². The van der Waals surface area contributed by atoms with Crippen LogP contribution in [0, 0.1) is 6.92 Å². The molecule has 9 heteroatoms. The molecule has 1 aromatic carbocycles. The van der Waals surface area contributed by atoms with Crippen molar-refractivity contribution in [2.24, 2.45) is 5.10 Å². The molecule has 1 N–H and O–H groups in total. The maximum Gasteiger partial charge on any atom is 0.438 e. The number of aryl methyl sites for hydroxylation is 1. The Kier molecular flexibility index (Phi) is 4.79. The number of rotatable bonds is 4. The van der Waals surface area contributed by atoms with Crippen LogP contribution in [0.15, 0.2) is 63.6 Å². The lowest BCUT2D eigenvalue weighted by Crippen LogP contribution is -2.55. The number of hydrazone groups is 1. The third-order valence-electron chi connectivity index (χ3n) is 4.46. The van der Waals surface area contributed by atoms with Crippen LogP contribution in [0.25, 0.3) is 17.3 Å². The van der Waals surface area contributed by atoms with Crippen molar-refractivity contribution in [3.63, 3.8) is 0 Å². The van der Waals surface area contributed by atoms with Gasteiger partial charge in [-0.1, -0.05) is 29.8 Å². The van der Waals surface area contributed by atoms with Crippen LogP contribution >= 0.6 is 11.3 Å². The van der Waals surface area contributed by atoms with E-state index in [1.165, 1.54) is 18.4 Å². The van der Waals surface area contributed by atoms with Crippen molar-refractivity contribution >= 4 is 28.3 Å². The second-order valence-electron chi connectivity index (χ2n) is 6.62. The van der Waals surface area contributed by atoms with Crippen molar-refractivity contribution in [2.75, 3.05) is 5.01 Å². The number of aliphatic hydroxyl groups is 1. The van der Waals surface area contributed by atoms with Crippen LogP contribution in [0.1, 0.15) is 17.7 Å². The summed E-state index contributed by atoms with van der Waals surface area (Å²) in [5, 5.41) is 16.6. The summed E-state index contributed by atoms with van der Waals surface area (Å²) in [5.74, 6) is 0.470. The number of alkyl halides is 3. The van der Waals surface area contributed by atoms with Crippen molar-refractivity contribution in [1.82, 2.24) is 4.98 Å². The van der Waals surface area contributed by atoms with Gasteiger partial charge in [-0.3, -0.25) is 0 Å².